The summed E-state index contributed by atoms with van der Waals surface area (Å²) in [6.45, 7) is 3.38. The van der Waals surface area contributed by atoms with Gasteiger partial charge in [-0.3, -0.25) is 0 Å². The van der Waals surface area contributed by atoms with E-state index in [1.807, 2.05) is 0 Å². The summed E-state index contributed by atoms with van der Waals surface area (Å²) in [5.41, 5.74) is 1.50. The molecule has 3 rings (SSSR count). The Kier molecular flexibility index (Phi) is 3.57. The maximum absolute atomic E-state index is 9.16. The second-order valence-electron chi connectivity index (χ2n) is 6.30. The minimum atomic E-state index is 0.0340. The molecular weight excluding hydrogens is 232 g/mol. The Hall–Kier alpha value is -1.33. The van der Waals surface area contributed by atoms with Crippen LogP contribution in [0.4, 0.5) is 0 Å². The van der Waals surface area contributed by atoms with Crippen molar-refractivity contribution in [2.75, 3.05) is 19.6 Å². The molecule has 0 spiro atoms. The Morgan fingerprint density at radius 2 is 1.84 bits per heavy atom. The normalized spacial score (nSPS) is 22.9. The fourth-order valence-corrected chi connectivity index (χ4v) is 3.18. The van der Waals surface area contributed by atoms with E-state index >= 15 is 0 Å². The molecule has 1 heterocycles. The number of nitriles is 1. The molecular formula is C17H22N2. The third-order valence-corrected chi connectivity index (χ3v) is 4.69. The Bertz CT molecular complexity index is 448. The molecule has 0 bridgehead atoms. The standard InChI is InChI=1S/C17H22N2/c18-13-17(8-9-17)14-19-10-6-16(7-11-19)12-15-4-2-1-3-5-15/h1-5,16H,6-12,14H2. The van der Waals surface area contributed by atoms with E-state index in [2.05, 4.69) is 41.3 Å². The number of rotatable bonds is 4. The molecule has 2 nitrogen and oxygen atoms in total. The van der Waals surface area contributed by atoms with Crippen LogP contribution >= 0.6 is 0 Å². The highest BCUT2D eigenvalue weighted by atomic mass is 15.1. The number of hydrogen-bond acceptors (Lipinski definition) is 2. The quantitative estimate of drug-likeness (QED) is 0.824. The van der Waals surface area contributed by atoms with Crippen molar-refractivity contribution < 1.29 is 0 Å². The topological polar surface area (TPSA) is 27.0 Å². The van der Waals surface area contributed by atoms with Gasteiger partial charge in [0, 0.05) is 6.54 Å². The van der Waals surface area contributed by atoms with Gasteiger partial charge in [-0.25, -0.2) is 0 Å². The van der Waals surface area contributed by atoms with Gasteiger partial charge in [-0.2, -0.15) is 5.26 Å². The molecule has 2 fully saturated rings. The molecule has 0 N–H and O–H groups in total. The first-order valence-corrected chi connectivity index (χ1v) is 7.47. The molecule has 1 aliphatic carbocycles. The smallest absolute Gasteiger partial charge is 0.0703 e. The van der Waals surface area contributed by atoms with Crippen molar-refractivity contribution in [1.29, 1.82) is 5.26 Å². The lowest BCUT2D eigenvalue weighted by Gasteiger charge is -2.33. The maximum Gasteiger partial charge on any atom is 0.0703 e. The van der Waals surface area contributed by atoms with Gasteiger partial charge in [-0.15, -0.1) is 0 Å². The van der Waals surface area contributed by atoms with Gasteiger partial charge in [-0.1, -0.05) is 30.3 Å². The van der Waals surface area contributed by atoms with Crippen molar-refractivity contribution in [2.45, 2.75) is 32.1 Å². The van der Waals surface area contributed by atoms with Gasteiger partial charge in [0.15, 0.2) is 0 Å². The number of hydrogen-bond donors (Lipinski definition) is 0. The van der Waals surface area contributed by atoms with Crippen molar-refractivity contribution in [3.63, 3.8) is 0 Å². The van der Waals surface area contributed by atoms with Gasteiger partial charge in [0.05, 0.1) is 11.5 Å². The van der Waals surface area contributed by atoms with Gasteiger partial charge < -0.3 is 4.90 Å². The zero-order valence-electron chi connectivity index (χ0n) is 11.5. The van der Waals surface area contributed by atoms with E-state index in [1.54, 1.807) is 0 Å². The molecule has 0 aromatic heterocycles. The van der Waals surface area contributed by atoms with Crippen molar-refractivity contribution in [2.24, 2.45) is 11.3 Å². The number of likely N-dealkylation sites (tertiary alicyclic amines) is 1. The van der Waals surface area contributed by atoms with E-state index in [0.717, 1.165) is 25.3 Å². The highest BCUT2D eigenvalue weighted by Gasteiger charge is 2.44. The monoisotopic (exact) mass is 254 g/mol. The average Bonchev–Trinajstić information content (AvgIpc) is 3.23. The number of nitrogens with zero attached hydrogens (tertiary/aromatic N) is 2. The Morgan fingerprint density at radius 1 is 1.16 bits per heavy atom. The van der Waals surface area contributed by atoms with Crippen LogP contribution in [-0.2, 0) is 6.42 Å². The van der Waals surface area contributed by atoms with Crippen LogP contribution in [0.3, 0.4) is 0 Å². The zero-order valence-corrected chi connectivity index (χ0v) is 11.5. The van der Waals surface area contributed by atoms with Crippen LogP contribution < -0.4 is 0 Å². The van der Waals surface area contributed by atoms with Crippen molar-refractivity contribution >= 4 is 0 Å². The highest BCUT2D eigenvalue weighted by molar-refractivity contribution is 5.15. The lowest BCUT2D eigenvalue weighted by molar-refractivity contribution is 0.166. The summed E-state index contributed by atoms with van der Waals surface area (Å²) in [4.78, 5) is 2.51. The second-order valence-corrected chi connectivity index (χ2v) is 6.30. The molecule has 100 valence electrons. The second kappa shape index (κ2) is 5.35. The number of benzene rings is 1. The van der Waals surface area contributed by atoms with E-state index in [1.165, 1.54) is 37.9 Å². The van der Waals surface area contributed by atoms with Crippen LogP contribution in [0.5, 0.6) is 0 Å². The lowest BCUT2D eigenvalue weighted by atomic mass is 9.89. The summed E-state index contributed by atoms with van der Waals surface area (Å²) in [7, 11) is 0. The molecule has 1 aromatic carbocycles. The SMILES string of the molecule is N#CC1(CN2CCC(Cc3ccccc3)CC2)CC1. The molecule has 1 saturated carbocycles. The largest absolute Gasteiger partial charge is 0.302 e. The van der Waals surface area contributed by atoms with Crippen molar-refractivity contribution in [3.05, 3.63) is 35.9 Å². The zero-order chi connectivity index (χ0) is 13.1. The van der Waals surface area contributed by atoms with Gasteiger partial charge >= 0.3 is 0 Å². The third kappa shape index (κ3) is 3.16. The minimum absolute atomic E-state index is 0.0340. The van der Waals surface area contributed by atoms with Crippen molar-refractivity contribution in [1.82, 2.24) is 4.90 Å². The highest BCUT2D eigenvalue weighted by Crippen LogP contribution is 2.45. The fourth-order valence-electron chi connectivity index (χ4n) is 3.18. The Labute approximate surface area is 116 Å². The molecule has 0 radical (unpaired) electrons. The molecule has 0 amide bonds. The molecule has 1 saturated heterocycles. The molecule has 0 atom stereocenters. The summed E-state index contributed by atoms with van der Waals surface area (Å²) < 4.78 is 0. The molecule has 1 aliphatic heterocycles. The van der Waals surface area contributed by atoms with E-state index in [0.29, 0.717) is 0 Å². The molecule has 2 aliphatic rings. The lowest BCUT2D eigenvalue weighted by Crippen LogP contribution is -2.37. The van der Waals surface area contributed by atoms with Gasteiger partial charge in [0.25, 0.3) is 0 Å². The number of piperidine rings is 1. The average molecular weight is 254 g/mol. The summed E-state index contributed by atoms with van der Waals surface area (Å²) in [6, 6.07) is 13.3. The molecule has 0 unspecified atom stereocenters. The summed E-state index contributed by atoms with van der Waals surface area (Å²) in [5, 5.41) is 9.16. The first-order valence-electron chi connectivity index (χ1n) is 7.47. The van der Waals surface area contributed by atoms with Crippen LogP contribution in [0, 0.1) is 22.7 Å². The first kappa shape index (κ1) is 12.7. The van der Waals surface area contributed by atoms with E-state index in [9.17, 15) is 0 Å². The summed E-state index contributed by atoms with van der Waals surface area (Å²) in [6.07, 6.45) is 6.03. The Morgan fingerprint density at radius 3 is 2.42 bits per heavy atom. The van der Waals surface area contributed by atoms with Gasteiger partial charge in [0.1, 0.15) is 0 Å². The summed E-state index contributed by atoms with van der Waals surface area (Å²) in [5.74, 6) is 0.830. The van der Waals surface area contributed by atoms with E-state index in [-0.39, 0.29) is 5.41 Å². The Balaban J connectivity index is 1.46. The predicted molar refractivity (Wildman–Crippen MR) is 76.6 cm³/mol. The maximum atomic E-state index is 9.16. The van der Waals surface area contributed by atoms with Crippen molar-refractivity contribution in [3.8, 4) is 6.07 Å². The fraction of sp³-hybridized carbons (Fsp3) is 0.588. The van der Waals surface area contributed by atoms with Crippen LogP contribution in [0.15, 0.2) is 30.3 Å². The van der Waals surface area contributed by atoms with Crippen LogP contribution in [0.25, 0.3) is 0 Å². The van der Waals surface area contributed by atoms with Gasteiger partial charge in [0.2, 0.25) is 0 Å². The third-order valence-electron chi connectivity index (χ3n) is 4.69. The van der Waals surface area contributed by atoms with Crippen LogP contribution in [-0.4, -0.2) is 24.5 Å². The van der Waals surface area contributed by atoms with E-state index < -0.39 is 0 Å². The van der Waals surface area contributed by atoms with E-state index in [4.69, 9.17) is 5.26 Å². The van der Waals surface area contributed by atoms with Gasteiger partial charge in [-0.05, 0) is 56.7 Å². The first-order chi connectivity index (χ1) is 9.30. The molecule has 19 heavy (non-hydrogen) atoms. The molecule has 1 aromatic rings. The summed E-state index contributed by atoms with van der Waals surface area (Å²) >= 11 is 0. The minimum Gasteiger partial charge on any atom is -0.302 e. The molecule has 2 heteroatoms. The predicted octanol–water partition coefficient (Wildman–Crippen LogP) is 3.24. The van der Waals surface area contributed by atoms with Crippen LogP contribution in [0.1, 0.15) is 31.2 Å². The van der Waals surface area contributed by atoms with Crippen LogP contribution in [0.2, 0.25) is 0 Å².